The zero-order valence-corrected chi connectivity index (χ0v) is 9.52. The number of carboxylic acid groups (broad SMARTS) is 1. The second-order valence-electron chi connectivity index (χ2n) is 3.55. The Bertz CT molecular complexity index is 561. The van der Waals surface area contributed by atoms with Crippen molar-refractivity contribution in [1.29, 1.82) is 0 Å². The van der Waals surface area contributed by atoms with E-state index < -0.39 is 45.7 Å². The first-order valence-electron chi connectivity index (χ1n) is 4.91. The molecule has 2 N–H and O–H groups in total. The van der Waals surface area contributed by atoms with Gasteiger partial charge in [0, 0.05) is 6.07 Å². The number of benzene rings is 1. The van der Waals surface area contributed by atoms with E-state index >= 15 is 0 Å². The Labute approximate surface area is 105 Å². The van der Waals surface area contributed by atoms with Crippen molar-refractivity contribution in [1.82, 2.24) is 5.32 Å². The van der Waals surface area contributed by atoms with Gasteiger partial charge in [-0.1, -0.05) is 0 Å². The average molecular weight is 274 g/mol. The zero-order chi connectivity index (χ0) is 14.7. The highest BCUT2D eigenvalue weighted by atomic mass is 19.1. The normalized spacial score (nSPS) is 11.7. The van der Waals surface area contributed by atoms with Gasteiger partial charge < -0.3 is 10.4 Å². The van der Waals surface area contributed by atoms with E-state index in [1.54, 1.807) is 5.32 Å². The van der Waals surface area contributed by atoms with Gasteiger partial charge in [-0.3, -0.25) is 19.7 Å². The number of aliphatic carboxylic acids is 1. The topological polar surface area (TPSA) is 110 Å². The van der Waals surface area contributed by atoms with Gasteiger partial charge in [0.1, 0.15) is 17.4 Å². The number of carboxylic acids is 1. The number of carbonyl (C=O) groups excluding carboxylic acids is 1. The molecule has 0 aliphatic heterocycles. The highest BCUT2D eigenvalue weighted by Crippen LogP contribution is 2.23. The molecule has 0 aromatic heterocycles. The van der Waals surface area contributed by atoms with E-state index in [0.717, 1.165) is 6.92 Å². The molecule has 0 radical (unpaired) electrons. The van der Waals surface area contributed by atoms with Crippen LogP contribution in [-0.2, 0) is 4.79 Å². The summed E-state index contributed by atoms with van der Waals surface area (Å²) >= 11 is 0. The van der Waals surface area contributed by atoms with E-state index in [0.29, 0.717) is 12.1 Å². The maximum Gasteiger partial charge on any atom is 0.325 e. The lowest BCUT2D eigenvalue weighted by atomic mass is 10.1. The van der Waals surface area contributed by atoms with Gasteiger partial charge in [-0.15, -0.1) is 0 Å². The quantitative estimate of drug-likeness (QED) is 0.630. The first-order valence-corrected chi connectivity index (χ1v) is 4.91. The summed E-state index contributed by atoms with van der Waals surface area (Å²) in [6.45, 7) is 1.08. The molecule has 0 aliphatic rings. The second kappa shape index (κ2) is 5.38. The summed E-state index contributed by atoms with van der Waals surface area (Å²) in [5.74, 6) is -5.77. The molecule has 0 saturated carbocycles. The van der Waals surface area contributed by atoms with Crippen molar-refractivity contribution in [3.8, 4) is 0 Å². The molecule has 1 amide bonds. The first-order chi connectivity index (χ1) is 8.75. The van der Waals surface area contributed by atoms with Gasteiger partial charge in [-0.2, -0.15) is 4.39 Å². The molecule has 0 saturated heterocycles. The Morgan fingerprint density at radius 1 is 1.42 bits per heavy atom. The Hall–Kier alpha value is -2.58. The predicted molar refractivity (Wildman–Crippen MR) is 57.6 cm³/mol. The molecule has 1 aromatic carbocycles. The van der Waals surface area contributed by atoms with Gasteiger partial charge in [0.25, 0.3) is 5.91 Å². The van der Waals surface area contributed by atoms with E-state index in [1.165, 1.54) is 0 Å². The first kappa shape index (κ1) is 14.5. The van der Waals surface area contributed by atoms with Gasteiger partial charge in [0.15, 0.2) is 0 Å². The molecule has 102 valence electrons. The smallest absolute Gasteiger partial charge is 0.325 e. The Morgan fingerprint density at radius 2 is 2.00 bits per heavy atom. The Kier molecular flexibility index (Phi) is 4.10. The summed E-state index contributed by atoms with van der Waals surface area (Å²) < 4.78 is 26.9. The zero-order valence-electron chi connectivity index (χ0n) is 9.52. The van der Waals surface area contributed by atoms with Gasteiger partial charge in [-0.05, 0) is 13.0 Å². The van der Waals surface area contributed by atoms with Crippen LogP contribution >= 0.6 is 0 Å². The summed E-state index contributed by atoms with van der Waals surface area (Å²) in [6, 6.07) is -0.269. The number of nitrogens with one attached hydrogen (secondary N) is 1. The number of nitro benzene ring substituents is 1. The van der Waals surface area contributed by atoms with E-state index in [2.05, 4.69) is 0 Å². The molecular weight excluding hydrogens is 266 g/mol. The van der Waals surface area contributed by atoms with E-state index in [-0.39, 0.29) is 0 Å². The number of amides is 1. The fourth-order valence-electron chi connectivity index (χ4n) is 1.22. The van der Waals surface area contributed by atoms with E-state index in [4.69, 9.17) is 5.11 Å². The van der Waals surface area contributed by atoms with Crippen molar-refractivity contribution in [2.24, 2.45) is 0 Å². The van der Waals surface area contributed by atoms with Gasteiger partial charge >= 0.3 is 11.7 Å². The number of nitrogens with zero attached hydrogens (tertiary/aromatic N) is 1. The van der Waals surface area contributed by atoms with E-state index in [1.807, 2.05) is 0 Å². The number of hydrogen-bond donors (Lipinski definition) is 2. The number of hydrogen-bond acceptors (Lipinski definition) is 4. The van der Waals surface area contributed by atoms with Crippen LogP contribution in [0.1, 0.15) is 17.3 Å². The van der Waals surface area contributed by atoms with Crippen LogP contribution in [0.2, 0.25) is 0 Å². The number of nitro groups is 1. The molecule has 7 nitrogen and oxygen atoms in total. The lowest BCUT2D eigenvalue weighted by Gasteiger charge is -2.10. The van der Waals surface area contributed by atoms with Gasteiger partial charge in [0.05, 0.1) is 4.92 Å². The number of halogens is 2. The fraction of sp³-hybridized carbons (Fsp3) is 0.200. The Balaban J connectivity index is 3.19. The molecule has 1 rings (SSSR count). The molecule has 0 spiro atoms. The predicted octanol–water partition coefficient (Wildman–Crippen LogP) is 1.08. The Morgan fingerprint density at radius 3 is 2.47 bits per heavy atom. The van der Waals surface area contributed by atoms with Crippen LogP contribution in [-0.4, -0.2) is 27.9 Å². The summed E-state index contributed by atoms with van der Waals surface area (Å²) in [5.41, 5.74) is -2.27. The fourth-order valence-corrected chi connectivity index (χ4v) is 1.22. The molecular formula is C10H8F2N2O5. The maximum atomic E-state index is 13.6. The van der Waals surface area contributed by atoms with Crippen LogP contribution in [0.25, 0.3) is 0 Å². The van der Waals surface area contributed by atoms with Crippen molar-refractivity contribution in [3.05, 3.63) is 39.4 Å². The molecule has 9 heteroatoms. The standard InChI is InChI=1S/C10H8F2N2O5/c1-4(10(16)17)13-9(15)7-5(11)2-3-6(8(7)12)14(18)19/h2-4H,1H3,(H,13,15)(H,16,17)/t4-/m1/s1. The van der Waals surface area contributed by atoms with Crippen molar-refractivity contribution in [2.45, 2.75) is 13.0 Å². The maximum absolute atomic E-state index is 13.6. The minimum absolute atomic E-state index is 0.557. The molecule has 0 bridgehead atoms. The lowest BCUT2D eigenvalue weighted by molar-refractivity contribution is -0.387. The van der Waals surface area contributed by atoms with E-state index in [9.17, 15) is 28.5 Å². The molecule has 0 heterocycles. The summed E-state index contributed by atoms with van der Waals surface area (Å²) in [7, 11) is 0. The summed E-state index contributed by atoms with van der Waals surface area (Å²) in [5, 5.41) is 20.8. The molecule has 0 aliphatic carbocycles. The van der Waals surface area contributed by atoms with Crippen molar-refractivity contribution < 1.29 is 28.4 Å². The van der Waals surface area contributed by atoms with Crippen LogP contribution in [0.15, 0.2) is 12.1 Å². The molecule has 1 aromatic rings. The van der Waals surface area contributed by atoms with Crippen LogP contribution in [0, 0.1) is 21.7 Å². The number of rotatable bonds is 4. The summed E-state index contributed by atoms with van der Waals surface area (Å²) in [4.78, 5) is 31.3. The summed E-state index contributed by atoms with van der Waals surface area (Å²) in [6.07, 6.45) is 0. The van der Waals surface area contributed by atoms with Crippen molar-refractivity contribution in [2.75, 3.05) is 0 Å². The third-order valence-corrected chi connectivity index (χ3v) is 2.21. The minimum Gasteiger partial charge on any atom is -0.480 e. The number of carbonyl (C=O) groups is 2. The highest BCUT2D eigenvalue weighted by molar-refractivity contribution is 5.97. The van der Waals surface area contributed by atoms with Crippen LogP contribution in [0.4, 0.5) is 14.5 Å². The van der Waals surface area contributed by atoms with Crippen LogP contribution < -0.4 is 5.32 Å². The lowest BCUT2D eigenvalue weighted by Crippen LogP contribution is -2.39. The average Bonchev–Trinajstić information content (AvgIpc) is 2.27. The third-order valence-electron chi connectivity index (χ3n) is 2.21. The van der Waals surface area contributed by atoms with Crippen molar-refractivity contribution >= 4 is 17.6 Å². The van der Waals surface area contributed by atoms with Crippen LogP contribution in [0.5, 0.6) is 0 Å². The van der Waals surface area contributed by atoms with Crippen LogP contribution in [0.3, 0.4) is 0 Å². The molecule has 1 atom stereocenters. The monoisotopic (exact) mass is 274 g/mol. The molecule has 19 heavy (non-hydrogen) atoms. The second-order valence-corrected chi connectivity index (χ2v) is 3.55. The minimum atomic E-state index is -1.65. The molecule has 0 fully saturated rings. The van der Waals surface area contributed by atoms with Gasteiger partial charge in [0.2, 0.25) is 5.82 Å². The van der Waals surface area contributed by atoms with Gasteiger partial charge in [-0.25, -0.2) is 4.39 Å². The van der Waals surface area contributed by atoms with Crippen molar-refractivity contribution in [3.63, 3.8) is 0 Å². The highest BCUT2D eigenvalue weighted by Gasteiger charge is 2.27. The largest absolute Gasteiger partial charge is 0.480 e. The third kappa shape index (κ3) is 3.00. The molecule has 0 unspecified atom stereocenters. The SMILES string of the molecule is C[C@@H](NC(=O)c1c(F)ccc([N+](=O)[O-])c1F)C(=O)O.